The first-order valence-corrected chi connectivity index (χ1v) is 10.5. The van der Waals surface area contributed by atoms with Crippen LogP contribution in [-0.2, 0) is 22.2 Å². The molecule has 5 nitrogen and oxygen atoms in total. The number of allylic oxidation sites excluding steroid dienone is 1. The topological polar surface area (TPSA) is 79.7 Å². The molecule has 0 spiro atoms. The maximum atomic E-state index is 12.0. The van der Waals surface area contributed by atoms with Crippen LogP contribution >= 0.6 is 0 Å². The predicted octanol–water partition coefficient (Wildman–Crippen LogP) is 3.68. The molecule has 1 aromatic heterocycles. The Morgan fingerprint density at radius 2 is 2.13 bits per heavy atom. The summed E-state index contributed by atoms with van der Waals surface area (Å²) in [4.78, 5) is 16.4. The molecule has 1 aromatic carbocycles. The fourth-order valence-electron chi connectivity index (χ4n) is 5.83. The number of aromatic nitrogens is 1. The summed E-state index contributed by atoms with van der Waals surface area (Å²) in [5, 5.41) is 23.3. The van der Waals surface area contributed by atoms with Crippen LogP contribution in [0.3, 0.4) is 0 Å². The second-order valence-corrected chi connectivity index (χ2v) is 8.98. The number of rotatable bonds is 4. The van der Waals surface area contributed by atoms with E-state index < -0.39 is 11.2 Å². The summed E-state index contributed by atoms with van der Waals surface area (Å²) in [6, 6.07) is 11.1. The molecular formula is C25H29NO4. The van der Waals surface area contributed by atoms with Gasteiger partial charge in [-0.05, 0) is 80.3 Å². The van der Waals surface area contributed by atoms with Crippen molar-refractivity contribution in [2.24, 2.45) is 5.92 Å². The van der Waals surface area contributed by atoms with Crippen LogP contribution in [0, 0.1) is 5.92 Å². The molecule has 5 heteroatoms. The van der Waals surface area contributed by atoms with Gasteiger partial charge in [-0.25, -0.2) is 4.79 Å². The Kier molecular flexibility index (Phi) is 5.07. The molecule has 2 aromatic rings. The van der Waals surface area contributed by atoms with Crippen molar-refractivity contribution in [3.05, 3.63) is 77.6 Å². The van der Waals surface area contributed by atoms with Crippen molar-refractivity contribution >= 4 is 5.97 Å². The number of fused-ring (bicyclic) bond motifs is 3. The van der Waals surface area contributed by atoms with E-state index in [1.165, 1.54) is 7.11 Å². The number of pyridine rings is 1. The van der Waals surface area contributed by atoms with Crippen LogP contribution in [0.15, 0.2) is 55.3 Å². The highest BCUT2D eigenvalue weighted by molar-refractivity contribution is 5.89. The molecule has 0 amide bonds. The minimum atomic E-state index is -1.42. The summed E-state index contributed by atoms with van der Waals surface area (Å²) in [5.41, 5.74) is 0.132. The van der Waals surface area contributed by atoms with Crippen molar-refractivity contribution in [1.82, 2.24) is 4.98 Å². The number of carbonyl (C=O) groups excluding carboxylic acids is 1. The second-order valence-electron chi connectivity index (χ2n) is 8.98. The smallest absolute Gasteiger partial charge is 0.337 e. The lowest BCUT2D eigenvalue weighted by Crippen LogP contribution is -2.62. The quantitative estimate of drug-likeness (QED) is 0.597. The summed E-state index contributed by atoms with van der Waals surface area (Å²) in [6.45, 7) is 5.69. The molecule has 0 aliphatic heterocycles. The van der Waals surface area contributed by atoms with Crippen LogP contribution in [0.2, 0.25) is 0 Å². The number of benzene rings is 1. The molecule has 1 fully saturated rings. The number of carbonyl (C=O) groups is 1. The highest BCUT2D eigenvalue weighted by atomic mass is 16.5. The Balaban J connectivity index is 1.82. The molecule has 2 aliphatic carbocycles. The lowest BCUT2D eigenvalue weighted by molar-refractivity contribution is -0.206. The Labute approximate surface area is 177 Å². The third-order valence-electron chi connectivity index (χ3n) is 7.30. The van der Waals surface area contributed by atoms with Crippen molar-refractivity contribution in [2.45, 2.75) is 55.6 Å². The van der Waals surface area contributed by atoms with Gasteiger partial charge in [0.2, 0.25) is 0 Å². The van der Waals surface area contributed by atoms with Crippen molar-refractivity contribution in [2.75, 3.05) is 7.11 Å². The number of aryl methyl sites for hydroxylation is 1. The van der Waals surface area contributed by atoms with Gasteiger partial charge in [-0.3, -0.25) is 4.98 Å². The van der Waals surface area contributed by atoms with E-state index in [-0.39, 0.29) is 17.3 Å². The number of aliphatic hydroxyl groups is 2. The van der Waals surface area contributed by atoms with E-state index in [4.69, 9.17) is 4.74 Å². The van der Waals surface area contributed by atoms with Gasteiger partial charge in [0.1, 0.15) is 5.60 Å². The molecular weight excluding hydrogens is 378 g/mol. The highest BCUT2D eigenvalue weighted by Gasteiger charge is 2.61. The highest BCUT2D eigenvalue weighted by Crippen LogP contribution is 2.59. The van der Waals surface area contributed by atoms with E-state index in [0.717, 1.165) is 24.0 Å². The lowest BCUT2D eigenvalue weighted by Gasteiger charge is -2.58. The van der Waals surface area contributed by atoms with Crippen molar-refractivity contribution < 1.29 is 19.7 Å². The largest absolute Gasteiger partial charge is 0.465 e. The fraction of sp³-hybridized carbons (Fsp3) is 0.440. The van der Waals surface area contributed by atoms with Crippen LogP contribution in [0.4, 0.5) is 0 Å². The third-order valence-corrected chi connectivity index (χ3v) is 7.30. The van der Waals surface area contributed by atoms with Gasteiger partial charge in [0.25, 0.3) is 0 Å². The maximum absolute atomic E-state index is 12.0. The summed E-state index contributed by atoms with van der Waals surface area (Å²) >= 11 is 0. The van der Waals surface area contributed by atoms with Gasteiger partial charge in [-0.1, -0.05) is 18.2 Å². The molecule has 30 heavy (non-hydrogen) atoms. The zero-order valence-corrected chi connectivity index (χ0v) is 17.6. The van der Waals surface area contributed by atoms with Gasteiger partial charge in [0, 0.05) is 11.6 Å². The molecule has 1 saturated carbocycles. The summed E-state index contributed by atoms with van der Waals surface area (Å²) < 4.78 is 4.88. The minimum absolute atomic E-state index is 0.152. The van der Waals surface area contributed by atoms with E-state index in [2.05, 4.69) is 11.6 Å². The Hall–Kier alpha value is -2.50. The van der Waals surface area contributed by atoms with Crippen LogP contribution < -0.4 is 0 Å². The Morgan fingerprint density at radius 1 is 1.33 bits per heavy atom. The van der Waals surface area contributed by atoms with Gasteiger partial charge in [-0.2, -0.15) is 0 Å². The molecule has 4 rings (SSSR count). The molecule has 0 unspecified atom stereocenters. The van der Waals surface area contributed by atoms with Gasteiger partial charge in [0.05, 0.1) is 24.0 Å². The average Bonchev–Trinajstić information content (AvgIpc) is 2.74. The molecule has 0 saturated heterocycles. The number of methoxy groups -OCH3 is 1. The Morgan fingerprint density at radius 3 is 2.80 bits per heavy atom. The maximum Gasteiger partial charge on any atom is 0.337 e. The van der Waals surface area contributed by atoms with Gasteiger partial charge in [-0.15, -0.1) is 6.58 Å². The number of hydrogen-bond acceptors (Lipinski definition) is 5. The lowest BCUT2D eigenvalue weighted by atomic mass is 9.49. The number of hydrogen-bond donors (Lipinski definition) is 2. The molecule has 4 atom stereocenters. The predicted molar refractivity (Wildman–Crippen MR) is 114 cm³/mol. The first-order valence-electron chi connectivity index (χ1n) is 10.5. The number of ether oxygens (including phenoxy) is 1. The summed E-state index contributed by atoms with van der Waals surface area (Å²) in [5.74, 6) is -0.197. The monoisotopic (exact) mass is 407 g/mol. The second kappa shape index (κ2) is 7.33. The molecule has 158 valence electrons. The van der Waals surface area contributed by atoms with Gasteiger partial charge in [0.15, 0.2) is 0 Å². The SMILES string of the molecule is C=CC[C@@]12C[C@@](C)(O)[C@](O)(c3ccccn3)C[C@H]1CCc1cc(C(=O)OC)ccc12. The zero-order valence-electron chi connectivity index (χ0n) is 17.6. The van der Waals surface area contributed by atoms with Crippen molar-refractivity contribution in [3.63, 3.8) is 0 Å². The standard InChI is InChI=1S/C25H29NO4/c1-4-12-24-16-23(2,28)25(29,21-7-5-6-13-26-21)15-19(24)10-8-17-14-18(22(27)30-3)9-11-20(17)24/h4-7,9,11,13-14,19,28-29H,1,8,10,12,15-16H2,2-3H3/t19-,23-,24-,25-/m1/s1. The molecule has 1 heterocycles. The first kappa shape index (κ1) is 20.8. The fourth-order valence-corrected chi connectivity index (χ4v) is 5.83. The van der Waals surface area contributed by atoms with Crippen molar-refractivity contribution in [3.8, 4) is 0 Å². The van der Waals surface area contributed by atoms with E-state index in [9.17, 15) is 15.0 Å². The molecule has 0 radical (unpaired) electrons. The summed E-state index contributed by atoms with van der Waals surface area (Å²) in [7, 11) is 1.38. The zero-order chi connectivity index (χ0) is 21.6. The number of esters is 1. The molecule has 2 N–H and O–H groups in total. The van der Waals surface area contributed by atoms with Crippen LogP contribution in [0.5, 0.6) is 0 Å². The summed E-state index contributed by atoms with van der Waals surface area (Å²) in [6.07, 6.45) is 6.71. The van der Waals surface area contributed by atoms with E-state index in [0.29, 0.717) is 30.5 Å². The van der Waals surface area contributed by atoms with Crippen LogP contribution in [-0.4, -0.2) is 33.9 Å². The molecule has 0 bridgehead atoms. The van der Waals surface area contributed by atoms with E-state index in [1.807, 2.05) is 30.3 Å². The normalized spacial score (nSPS) is 32.6. The van der Waals surface area contributed by atoms with E-state index in [1.54, 1.807) is 25.3 Å². The van der Waals surface area contributed by atoms with E-state index >= 15 is 0 Å². The van der Waals surface area contributed by atoms with Gasteiger partial charge < -0.3 is 14.9 Å². The third kappa shape index (κ3) is 2.99. The molecule has 2 aliphatic rings. The first-order chi connectivity index (χ1) is 14.3. The average molecular weight is 408 g/mol. The van der Waals surface area contributed by atoms with Gasteiger partial charge >= 0.3 is 5.97 Å². The minimum Gasteiger partial charge on any atom is -0.465 e. The van der Waals surface area contributed by atoms with Crippen LogP contribution in [0.25, 0.3) is 0 Å². The van der Waals surface area contributed by atoms with Crippen LogP contribution in [0.1, 0.15) is 59.8 Å². The number of nitrogens with zero attached hydrogens (tertiary/aromatic N) is 1. The van der Waals surface area contributed by atoms with Crippen molar-refractivity contribution in [1.29, 1.82) is 0 Å². The Bertz CT molecular complexity index is 970.